The summed E-state index contributed by atoms with van der Waals surface area (Å²) in [4.78, 5) is 0. The van der Waals surface area contributed by atoms with Gasteiger partial charge in [-0.1, -0.05) is 18.2 Å². The molecule has 0 radical (unpaired) electrons. The quantitative estimate of drug-likeness (QED) is 0.697. The first-order valence-electron chi connectivity index (χ1n) is 5.85. The molecule has 3 N–H and O–H groups in total. The van der Waals surface area contributed by atoms with Crippen LogP contribution in [0.25, 0.3) is 0 Å². The first-order chi connectivity index (χ1) is 8.65. The van der Waals surface area contributed by atoms with Crippen LogP contribution >= 0.6 is 0 Å². The van der Waals surface area contributed by atoms with Crippen LogP contribution in [0.5, 0.6) is 0 Å². The predicted molar refractivity (Wildman–Crippen MR) is 74.5 cm³/mol. The zero-order valence-electron chi connectivity index (χ0n) is 11.2. The molecular formula is C12H22N2O3Si. The van der Waals surface area contributed by atoms with Gasteiger partial charge in [0.1, 0.15) is 0 Å². The molecule has 1 aromatic carbocycles. The van der Waals surface area contributed by atoms with Crippen molar-refractivity contribution in [3.8, 4) is 0 Å². The standard InChI is InChI=1S/C12H22N2O3Si/c1-15-18(16-2,17-3)10-11(13)9-14-12-7-5-4-6-8-12/h4-8,11,14H,9-10,13H2,1-3H3. The van der Waals surface area contributed by atoms with Gasteiger partial charge in [-0.05, 0) is 12.1 Å². The summed E-state index contributed by atoms with van der Waals surface area (Å²) in [5.41, 5.74) is 7.12. The third-order valence-electron chi connectivity index (χ3n) is 2.79. The van der Waals surface area contributed by atoms with E-state index in [1.165, 1.54) is 0 Å². The summed E-state index contributed by atoms with van der Waals surface area (Å²) in [5.74, 6) is 0. The number of nitrogens with one attached hydrogen (secondary N) is 1. The van der Waals surface area contributed by atoms with E-state index in [2.05, 4.69) is 5.32 Å². The number of anilines is 1. The lowest BCUT2D eigenvalue weighted by atomic mass is 10.3. The molecule has 0 aliphatic heterocycles. The van der Waals surface area contributed by atoms with Crippen LogP contribution in [-0.2, 0) is 13.3 Å². The minimum atomic E-state index is -2.58. The van der Waals surface area contributed by atoms with Crippen molar-refractivity contribution in [2.24, 2.45) is 5.73 Å². The van der Waals surface area contributed by atoms with Crippen molar-refractivity contribution in [1.82, 2.24) is 0 Å². The highest BCUT2D eigenvalue weighted by Gasteiger charge is 2.39. The summed E-state index contributed by atoms with van der Waals surface area (Å²) in [6.45, 7) is 0.648. The second kappa shape index (κ2) is 7.50. The van der Waals surface area contributed by atoms with Gasteiger partial charge in [-0.3, -0.25) is 0 Å². The molecule has 1 aromatic rings. The number of hydrogen-bond donors (Lipinski definition) is 2. The second-order valence-electron chi connectivity index (χ2n) is 4.01. The highest BCUT2D eigenvalue weighted by Crippen LogP contribution is 2.15. The van der Waals surface area contributed by atoms with Crippen molar-refractivity contribution in [3.63, 3.8) is 0 Å². The molecule has 5 nitrogen and oxygen atoms in total. The average Bonchev–Trinajstić information content (AvgIpc) is 2.44. The Morgan fingerprint density at radius 2 is 1.67 bits per heavy atom. The van der Waals surface area contributed by atoms with Gasteiger partial charge in [0.25, 0.3) is 0 Å². The summed E-state index contributed by atoms with van der Waals surface area (Å²) in [6, 6.07) is 10.4. The molecule has 0 aliphatic rings. The van der Waals surface area contributed by atoms with E-state index < -0.39 is 8.80 Å². The number of nitrogens with two attached hydrogens (primary N) is 1. The molecule has 102 valence electrons. The number of hydrogen-bond acceptors (Lipinski definition) is 5. The van der Waals surface area contributed by atoms with Gasteiger partial charge in [-0.25, -0.2) is 0 Å². The largest absolute Gasteiger partial charge is 0.501 e. The maximum atomic E-state index is 6.07. The fourth-order valence-corrected chi connectivity index (χ4v) is 3.48. The second-order valence-corrected chi connectivity index (χ2v) is 7.01. The lowest BCUT2D eigenvalue weighted by molar-refractivity contribution is 0.122. The van der Waals surface area contributed by atoms with Gasteiger partial charge in [-0.2, -0.15) is 0 Å². The average molecular weight is 270 g/mol. The maximum absolute atomic E-state index is 6.07. The minimum absolute atomic E-state index is 0.0864. The smallest absolute Gasteiger partial charge is 0.383 e. The van der Waals surface area contributed by atoms with Crippen LogP contribution < -0.4 is 11.1 Å². The summed E-state index contributed by atoms with van der Waals surface area (Å²) in [5, 5.41) is 3.27. The van der Waals surface area contributed by atoms with E-state index in [0.717, 1.165) is 5.69 Å². The monoisotopic (exact) mass is 270 g/mol. The molecule has 1 rings (SSSR count). The molecule has 1 unspecified atom stereocenters. The summed E-state index contributed by atoms with van der Waals surface area (Å²) < 4.78 is 16.0. The van der Waals surface area contributed by atoms with Crippen LogP contribution in [0.3, 0.4) is 0 Å². The van der Waals surface area contributed by atoms with E-state index in [1.807, 2.05) is 30.3 Å². The van der Waals surface area contributed by atoms with Gasteiger partial charge in [0.2, 0.25) is 0 Å². The first kappa shape index (κ1) is 15.1. The SMILES string of the molecule is CO[Si](CC(N)CNc1ccccc1)(OC)OC. The van der Waals surface area contributed by atoms with Crippen LogP contribution in [0.4, 0.5) is 5.69 Å². The number of benzene rings is 1. The maximum Gasteiger partial charge on any atom is 0.501 e. The number of para-hydroxylation sites is 1. The third-order valence-corrected chi connectivity index (χ3v) is 5.68. The zero-order valence-corrected chi connectivity index (χ0v) is 12.2. The Kier molecular flexibility index (Phi) is 6.30. The summed E-state index contributed by atoms with van der Waals surface area (Å²) in [6.07, 6.45) is 0. The van der Waals surface area contributed by atoms with Crippen molar-refractivity contribution in [2.45, 2.75) is 12.1 Å². The molecule has 0 aliphatic carbocycles. The van der Waals surface area contributed by atoms with Crippen molar-refractivity contribution < 1.29 is 13.3 Å². The van der Waals surface area contributed by atoms with Gasteiger partial charge in [0, 0.05) is 45.6 Å². The predicted octanol–water partition coefficient (Wildman–Crippen LogP) is 1.30. The summed E-state index contributed by atoms with van der Waals surface area (Å²) in [7, 11) is 2.20. The van der Waals surface area contributed by atoms with E-state index in [0.29, 0.717) is 12.6 Å². The molecule has 6 heteroatoms. The van der Waals surface area contributed by atoms with E-state index in [1.54, 1.807) is 21.3 Å². The molecule has 0 aromatic heterocycles. The Hall–Kier alpha value is -0.923. The molecule has 1 atom stereocenters. The summed E-state index contributed by atoms with van der Waals surface area (Å²) >= 11 is 0. The normalized spacial score (nSPS) is 13.3. The Labute approximate surface area is 110 Å². The van der Waals surface area contributed by atoms with Crippen molar-refractivity contribution in [3.05, 3.63) is 30.3 Å². The van der Waals surface area contributed by atoms with Gasteiger partial charge >= 0.3 is 8.80 Å². The van der Waals surface area contributed by atoms with Gasteiger partial charge in [0.05, 0.1) is 0 Å². The van der Waals surface area contributed by atoms with Gasteiger partial charge in [-0.15, -0.1) is 0 Å². The van der Waals surface area contributed by atoms with Crippen LogP contribution in [0.15, 0.2) is 30.3 Å². The van der Waals surface area contributed by atoms with Crippen LogP contribution in [0.1, 0.15) is 0 Å². The lowest BCUT2D eigenvalue weighted by Crippen LogP contribution is -2.49. The molecule has 0 saturated carbocycles. The first-order valence-corrected chi connectivity index (χ1v) is 7.79. The Bertz CT molecular complexity index is 325. The molecule has 0 fully saturated rings. The molecule has 18 heavy (non-hydrogen) atoms. The van der Waals surface area contributed by atoms with Crippen LogP contribution in [0.2, 0.25) is 6.04 Å². The van der Waals surface area contributed by atoms with E-state index in [9.17, 15) is 0 Å². The van der Waals surface area contributed by atoms with E-state index in [-0.39, 0.29) is 6.04 Å². The molecule has 0 spiro atoms. The fraction of sp³-hybridized carbons (Fsp3) is 0.500. The fourth-order valence-electron chi connectivity index (χ4n) is 1.70. The minimum Gasteiger partial charge on any atom is -0.383 e. The molecule has 0 amide bonds. The van der Waals surface area contributed by atoms with Crippen molar-refractivity contribution >= 4 is 14.5 Å². The van der Waals surface area contributed by atoms with Crippen LogP contribution in [0, 0.1) is 0 Å². The Balaban J connectivity index is 2.43. The van der Waals surface area contributed by atoms with E-state index in [4.69, 9.17) is 19.0 Å². The number of rotatable bonds is 8. The van der Waals surface area contributed by atoms with Gasteiger partial charge in [0.15, 0.2) is 0 Å². The zero-order chi connectivity index (χ0) is 13.4. The topological polar surface area (TPSA) is 65.7 Å². The molecule has 0 saturated heterocycles. The van der Waals surface area contributed by atoms with Gasteiger partial charge < -0.3 is 24.3 Å². The molecule has 0 bridgehead atoms. The lowest BCUT2D eigenvalue weighted by Gasteiger charge is -2.27. The molecule has 0 heterocycles. The molecular weight excluding hydrogens is 248 g/mol. The van der Waals surface area contributed by atoms with E-state index >= 15 is 0 Å². The Morgan fingerprint density at radius 1 is 1.11 bits per heavy atom. The Morgan fingerprint density at radius 3 is 2.17 bits per heavy atom. The highest BCUT2D eigenvalue weighted by atomic mass is 28.4. The van der Waals surface area contributed by atoms with Crippen molar-refractivity contribution in [2.75, 3.05) is 33.2 Å². The highest BCUT2D eigenvalue weighted by molar-refractivity contribution is 6.60. The third kappa shape index (κ3) is 4.39. The van der Waals surface area contributed by atoms with Crippen molar-refractivity contribution in [1.29, 1.82) is 0 Å². The van der Waals surface area contributed by atoms with Crippen LogP contribution in [-0.4, -0.2) is 42.7 Å².